The van der Waals surface area contributed by atoms with Crippen molar-refractivity contribution >= 4 is 39.0 Å². The molecule has 0 atom stereocenters. The van der Waals surface area contributed by atoms with Crippen LogP contribution in [0.3, 0.4) is 0 Å². The molecule has 0 saturated carbocycles. The summed E-state index contributed by atoms with van der Waals surface area (Å²) in [6, 6.07) is 9.20. The Kier molecular flexibility index (Phi) is 5.94. The summed E-state index contributed by atoms with van der Waals surface area (Å²) in [5.74, 6) is -0.936. The first-order chi connectivity index (χ1) is 15.1. The van der Waals surface area contributed by atoms with Crippen LogP contribution in [0.25, 0.3) is 16.7 Å². The summed E-state index contributed by atoms with van der Waals surface area (Å²) in [5, 5.41) is 14.6. The molecule has 8 nitrogen and oxygen atoms in total. The van der Waals surface area contributed by atoms with E-state index in [0.717, 1.165) is 22.9 Å². The van der Waals surface area contributed by atoms with Gasteiger partial charge in [0.2, 0.25) is 0 Å². The van der Waals surface area contributed by atoms with Gasteiger partial charge < -0.3 is 14.7 Å². The van der Waals surface area contributed by atoms with Gasteiger partial charge in [-0.05, 0) is 75.4 Å². The largest absolute Gasteiger partial charge is 0.476 e. The number of benzene rings is 1. The molecule has 1 N–H and O–H groups in total. The zero-order chi connectivity index (χ0) is 23.0. The van der Waals surface area contributed by atoms with Gasteiger partial charge in [-0.25, -0.2) is 14.3 Å². The molecular formula is C23H25BrN4O4. The number of nitrogens with zero attached hydrogens (tertiary/aromatic N) is 4. The second-order valence-corrected chi connectivity index (χ2v) is 9.80. The van der Waals surface area contributed by atoms with E-state index in [4.69, 9.17) is 4.74 Å². The van der Waals surface area contributed by atoms with E-state index in [1.807, 2.05) is 39.0 Å². The van der Waals surface area contributed by atoms with E-state index in [0.29, 0.717) is 29.8 Å². The van der Waals surface area contributed by atoms with Gasteiger partial charge in [0.1, 0.15) is 16.6 Å². The molecule has 1 fully saturated rings. The van der Waals surface area contributed by atoms with E-state index >= 15 is 0 Å². The monoisotopic (exact) mass is 500 g/mol. The Morgan fingerprint density at radius 1 is 1.09 bits per heavy atom. The van der Waals surface area contributed by atoms with E-state index in [9.17, 15) is 14.7 Å². The quantitative estimate of drug-likeness (QED) is 0.543. The van der Waals surface area contributed by atoms with E-state index < -0.39 is 11.6 Å². The van der Waals surface area contributed by atoms with Crippen LogP contribution in [0.5, 0.6) is 0 Å². The Bertz CT molecular complexity index is 1160. The zero-order valence-corrected chi connectivity index (χ0v) is 19.8. The van der Waals surface area contributed by atoms with Crippen LogP contribution in [0.4, 0.5) is 4.79 Å². The number of likely N-dealkylation sites (tertiary alicyclic amines) is 1. The minimum absolute atomic E-state index is 0.0374. The van der Waals surface area contributed by atoms with Crippen LogP contribution >= 0.6 is 15.9 Å². The highest BCUT2D eigenvalue weighted by molar-refractivity contribution is 9.10. The number of rotatable bonds is 3. The molecule has 4 rings (SSSR count). The summed E-state index contributed by atoms with van der Waals surface area (Å²) in [7, 11) is 0. The number of carbonyl (C=O) groups excluding carboxylic acids is 1. The van der Waals surface area contributed by atoms with Crippen molar-refractivity contribution in [3.05, 3.63) is 52.3 Å². The van der Waals surface area contributed by atoms with Crippen molar-refractivity contribution in [1.29, 1.82) is 0 Å². The zero-order valence-electron chi connectivity index (χ0n) is 18.2. The fourth-order valence-corrected chi connectivity index (χ4v) is 4.25. The average Bonchev–Trinajstić information content (AvgIpc) is 3.13. The first-order valence-corrected chi connectivity index (χ1v) is 11.3. The Balaban J connectivity index is 1.65. The predicted octanol–water partition coefficient (Wildman–Crippen LogP) is 5.00. The van der Waals surface area contributed by atoms with Gasteiger partial charge in [-0.2, -0.15) is 5.10 Å². The Morgan fingerprint density at radius 2 is 1.75 bits per heavy atom. The topological polar surface area (TPSA) is 97.5 Å². The number of piperidine rings is 1. The number of amides is 1. The summed E-state index contributed by atoms with van der Waals surface area (Å²) < 4.78 is 7.81. The third kappa shape index (κ3) is 4.48. The van der Waals surface area contributed by atoms with Crippen molar-refractivity contribution < 1.29 is 19.4 Å². The average molecular weight is 501 g/mol. The van der Waals surface area contributed by atoms with Crippen molar-refractivity contribution in [2.45, 2.75) is 45.1 Å². The maximum Gasteiger partial charge on any atom is 0.410 e. The van der Waals surface area contributed by atoms with Gasteiger partial charge in [-0.1, -0.05) is 15.9 Å². The fraction of sp³-hybridized carbons (Fsp3) is 0.391. The number of fused-ring (bicyclic) bond motifs is 1. The van der Waals surface area contributed by atoms with Crippen molar-refractivity contribution in [2.75, 3.05) is 13.1 Å². The molecular weight excluding hydrogens is 476 g/mol. The summed E-state index contributed by atoms with van der Waals surface area (Å²) >= 11 is 3.40. The fourth-order valence-electron chi connectivity index (χ4n) is 3.99. The van der Waals surface area contributed by atoms with Gasteiger partial charge >= 0.3 is 12.1 Å². The lowest BCUT2D eigenvalue weighted by atomic mass is 9.89. The van der Waals surface area contributed by atoms with Gasteiger partial charge in [-0.3, -0.25) is 4.98 Å². The van der Waals surface area contributed by atoms with Crippen LogP contribution in [0, 0.1) is 0 Å². The number of hydrogen-bond acceptors (Lipinski definition) is 5. The molecule has 32 heavy (non-hydrogen) atoms. The standard InChI is InChI=1S/C23H25BrN4O4/c1-23(2,3)32-22(31)27-12-9-14(10-13-27)17-8-11-25-19-18(17)26-28(20(19)21(29)30)16-6-4-15(24)5-7-16/h4-8,11,14H,9-10,12-13H2,1-3H3,(H,29,30). The smallest absolute Gasteiger partial charge is 0.410 e. The lowest BCUT2D eigenvalue weighted by Crippen LogP contribution is -2.41. The lowest BCUT2D eigenvalue weighted by Gasteiger charge is -2.33. The van der Waals surface area contributed by atoms with Crippen LogP contribution in [0.15, 0.2) is 41.0 Å². The number of ether oxygens (including phenoxy) is 1. The second-order valence-electron chi connectivity index (χ2n) is 8.88. The molecule has 168 valence electrons. The molecule has 0 radical (unpaired) electrons. The summed E-state index contributed by atoms with van der Waals surface area (Å²) in [6.45, 7) is 6.71. The van der Waals surface area contributed by atoms with Crippen molar-refractivity contribution in [2.24, 2.45) is 0 Å². The van der Waals surface area contributed by atoms with Gasteiger partial charge in [0, 0.05) is 23.8 Å². The number of halogens is 1. The summed E-state index contributed by atoms with van der Waals surface area (Å²) in [5.41, 5.74) is 2.07. The third-order valence-corrected chi connectivity index (χ3v) is 5.98. The second kappa shape index (κ2) is 8.54. The van der Waals surface area contributed by atoms with Gasteiger partial charge in [0.05, 0.1) is 5.69 Å². The van der Waals surface area contributed by atoms with E-state index in [-0.39, 0.29) is 17.7 Å². The molecule has 0 bridgehead atoms. The normalized spacial score (nSPS) is 15.2. The van der Waals surface area contributed by atoms with Crippen LogP contribution < -0.4 is 0 Å². The Hall–Kier alpha value is -2.94. The van der Waals surface area contributed by atoms with E-state index in [1.165, 1.54) is 4.68 Å². The number of carboxylic acid groups (broad SMARTS) is 1. The molecule has 1 aliphatic rings. The highest BCUT2D eigenvalue weighted by atomic mass is 79.9. The lowest BCUT2D eigenvalue weighted by molar-refractivity contribution is 0.0205. The number of carboxylic acids is 1. The molecule has 2 aromatic heterocycles. The molecule has 9 heteroatoms. The number of pyridine rings is 1. The minimum Gasteiger partial charge on any atom is -0.476 e. The molecule has 0 spiro atoms. The first kappa shape index (κ1) is 22.3. The molecule has 3 heterocycles. The molecule has 1 aliphatic heterocycles. The molecule has 1 saturated heterocycles. The van der Waals surface area contributed by atoms with Crippen molar-refractivity contribution in [3.8, 4) is 5.69 Å². The number of aromatic carboxylic acids is 1. The Morgan fingerprint density at radius 3 is 2.34 bits per heavy atom. The SMILES string of the molecule is CC(C)(C)OC(=O)N1CCC(c2ccnc3c(C(=O)O)n(-c4ccc(Br)cc4)nc23)CC1. The summed E-state index contributed by atoms with van der Waals surface area (Å²) in [4.78, 5) is 30.5. The van der Waals surface area contributed by atoms with Crippen LogP contribution in [-0.2, 0) is 4.74 Å². The highest BCUT2D eigenvalue weighted by Crippen LogP contribution is 2.34. The summed E-state index contributed by atoms with van der Waals surface area (Å²) in [6.07, 6.45) is 2.82. The van der Waals surface area contributed by atoms with Gasteiger partial charge in [0.25, 0.3) is 0 Å². The Labute approximate surface area is 194 Å². The highest BCUT2D eigenvalue weighted by Gasteiger charge is 2.30. The van der Waals surface area contributed by atoms with Gasteiger partial charge in [0.15, 0.2) is 5.69 Å². The predicted molar refractivity (Wildman–Crippen MR) is 123 cm³/mol. The van der Waals surface area contributed by atoms with Crippen LogP contribution in [-0.4, -0.2) is 55.5 Å². The van der Waals surface area contributed by atoms with E-state index in [2.05, 4.69) is 26.0 Å². The molecule has 0 unspecified atom stereocenters. The number of hydrogen-bond donors (Lipinski definition) is 1. The molecule has 1 amide bonds. The van der Waals surface area contributed by atoms with E-state index in [1.54, 1.807) is 23.2 Å². The number of carbonyl (C=O) groups is 2. The van der Waals surface area contributed by atoms with Crippen molar-refractivity contribution in [1.82, 2.24) is 19.7 Å². The minimum atomic E-state index is -1.08. The maximum absolute atomic E-state index is 12.4. The molecule has 3 aromatic rings. The molecule has 0 aliphatic carbocycles. The van der Waals surface area contributed by atoms with Crippen molar-refractivity contribution in [3.63, 3.8) is 0 Å². The van der Waals surface area contributed by atoms with Gasteiger partial charge in [-0.15, -0.1) is 0 Å². The first-order valence-electron chi connectivity index (χ1n) is 10.5. The number of aromatic nitrogens is 3. The molecule has 1 aromatic carbocycles. The van der Waals surface area contributed by atoms with Crippen LogP contribution in [0.1, 0.15) is 55.6 Å². The third-order valence-electron chi connectivity index (χ3n) is 5.45. The maximum atomic E-state index is 12.4. The van der Waals surface area contributed by atoms with Crippen LogP contribution in [0.2, 0.25) is 0 Å².